The number of carbonyl (C=O) groups is 1. The molecule has 26 heavy (non-hydrogen) atoms. The van der Waals surface area contributed by atoms with Gasteiger partial charge in [-0.25, -0.2) is 0 Å². The minimum absolute atomic E-state index is 0.0249. The predicted molar refractivity (Wildman–Crippen MR) is 100 cm³/mol. The van der Waals surface area contributed by atoms with Crippen molar-refractivity contribution < 1.29 is 9.53 Å². The number of hydrogen-bond donors (Lipinski definition) is 1. The van der Waals surface area contributed by atoms with Crippen molar-refractivity contribution in [1.29, 1.82) is 0 Å². The first kappa shape index (κ1) is 17.1. The van der Waals surface area contributed by atoms with Crippen LogP contribution in [0.25, 0.3) is 11.3 Å². The number of benzene rings is 1. The summed E-state index contributed by atoms with van der Waals surface area (Å²) in [6, 6.07) is 8.40. The van der Waals surface area contributed by atoms with Crippen molar-refractivity contribution in [3.8, 4) is 17.0 Å². The molecule has 4 aliphatic rings. The molecule has 1 aromatic carbocycles. The molecule has 0 saturated carbocycles. The van der Waals surface area contributed by atoms with Crippen LogP contribution in [0.1, 0.15) is 42.7 Å². The molecule has 0 aliphatic carbocycles. The molecule has 2 bridgehead atoms. The monoisotopic (exact) mass is 354 g/mol. The Morgan fingerprint density at radius 1 is 1.15 bits per heavy atom. The van der Waals surface area contributed by atoms with Gasteiger partial charge in [-0.15, -0.1) is 0 Å². The molecule has 0 unspecified atom stereocenters. The van der Waals surface area contributed by atoms with Crippen molar-refractivity contribution in [2.45, 2.75) is 39.3 Å². The number of carbonyl (C=O) groups excluding carboxylic acids is 1. The summed E-state index contributed by atoms with van der Waals surface area (Å²) >= 11 is 0. The highest BCUT2D eigenvalue weighted by molar-refractivity contribution is 5.98. The van der Waals surface area contributed by atoms with Gasteiger partial charge in [0.15, 0.2) is 11.4 Å². The number of rotatable bonds is 1. The van der Waals surface area contributed by atoms with Crippen LogP contribution in [0.3, 0.4) is 0 Å². The molecular weight excluding hydrogens is 328 g/mol. The average Bonchev–Trinajstić information content (AvgIpc) is 2.92. The third-order valence-electron chi connectivity index (χ3n) is 5.50. The molecule has 3 fully saturated rings. The number of ether oxygens (including phenoxy) is 1. The Balaban J connectivity index is 0.000000814. The van der Waals surface area contributed by atoms with Gasteiger partial charge in [0.2, 0.25) is 0 Å². The molecule has 1 N–H and O–H groups in total. The van der Waals surface area contributed by atoms with Crippen LogP contribution in [0.2, 0.25) is 0 Å². The molecule has 4 aliphatic heterocycles. The zero-order chi connectivity index (χ0) is 18.1. The molecule has 1 amide bonds. The fraction of sp³-hybridized carbons (Fsp3) is 0.500. The Labute approximate surface area is 154 Å². The summed E-state index contributed by atoms with van der Waals surface area (Å²) in [5, 5.41) is 7.34. The Bertz CT molecular complexity index is 793. The van der Waals surface area contributed by atoms with E-state index in [9.17, 15) is 4.79 Å². The van der Waals surface area contributed by atoms with Gasteiger partial charge in [0.1, 0.15) is 12.3 Å². The van der Waals surface area contributed by atoms with Gasteiger partial charge in [0.05, 0.1) is 0 Å². The zero-order valence-corrected chi connectivity index (χ0v) is 15.5. The quantitative estimate of drug-likeness (QED) is 0.855. The standard InChI is InChI=1S/C18H20N4O2.C2H6/c23-18(22-10-9-21-7-5-13(22)6-8-21)16-17-15(19-20-16)14-4-2-1-3-12(14)11-24-17;1-2/h1-4,13H,5-11H2,(H,19,20);1-2H3. The van der Waals surface area contributed by atoms with E-state index in [1.54, 1.807) is 0 Å². The number of aromatic amines is 1. The lowest BCUT2D eigenvalue weighted by Gasteiger charge is -2.31. The molecule has 6 rings (SSSR count). The minimum atomic E-state index is 0.0249. The second kappa shape index (κ2) is 7.11. The van der Waals surface area contributed by atoms with Gasteiger partial charge in [-0.3, -0.25) is 9.89 Å². The average molecular weight is 354 g/mol. The second-order valence-corrected chi connectivity index (χ2v) is 6.79. The van der Waals surface area contributed by atoms with Gasteiger partial charge in [-0.2, -0.15) is 5.10 Å². The van der Waals surface area contributed by atoms with Crippen LogP contribution in [0.4, 0.5) is 0 Å². The van der Waals surface area contributed by atoms with E-state index in [2.05, 4.69) is 15.1 Å². The van der Waals surface area contributed by atoms with Gasteiger partial charge >= 0.3 is 0 Å². The van der Waals surface area contributed by atoms with Crippen molar-refractivity contribution in [3.63, 3.8) is 0 Å². The SMILES string of the molecule is CC.O=C(c1[nH]nc2c1OCc1ccccc1-2)N1CCN2CCC1CC2. The van der Waals surface area contributed by atoms with Crippen LogP contribution in [-0.4, -0.2) is 58.1 Å². The normalized spacial score (nSPS) is 23.1. The molecule has 0 atom stereocenters. The summed E-state index contributed by atoms with van der Waals surface area (Å²) in [6.45, 7) is 8.43. The summed E-state index contributed by atoms with van der Waals surface area (Å²) in [6.07, 6.45) is 2.12. The van der Waals surface area contributed by atoms with E-state index in [4.69, 9.17) is 4.74 Å². The highest BCUT2D eigenvalue weighted by Gasteiger charge is 2.35. The molecule has 0 spiro atoms. The van der Waals surface area contributed by atoms with Gasteiger partial charge in [-0.05, 0) is 18.4 Å². The maximum absolute atomic E-state index is 13.1. The lowest BCUT2D eigenvalue weighted by molar-refractivity contribution is 0.0674. The maximum atomic E-state index is 13.1. The second-order valence-electron chi connectivity index (χ2n) is 6.79. The van der Waals surface area contributed by atoms with Crippen LogP contribution >= 0.6 is 0 Å². The molecule has 2 aromatic rings. The van der Waals surface area contributed by atoms with Gasteiger partial charge in [0, 0.05) is 37.8 Å². The largest absolute Gasteiger partial charge is 0.484 e. The van der Waals surface area contributed by atoms with E-state index >= 15 is 0 Å². The third kappa shape index (κ3) is 2.78. The van der Waals surface area contributed by atoms with Crippen LogP contribution in [0.5, 0.6) is 5.75 Å². The van der Waals surface area contributed by atoms with Crippen molar-refractivity contribution in [2.75, 3.05) is 26.2 Å². The molecule has 6 heteroatoms. The van der Waals surface area contributed by atoms with E-state index in [0.29, 0.717) is 24.1 Å². The maximum Gasteiger partial charge on any atom is 0.276 e. The van der Waals surface area contributed by atoms with E-state index in [1.165, 1.54) is 0 Å². The lowest BCUT2D eigenvalue weighted by Crippen LogP contribution is -2.41. The van der Waals surface area contributed by atoms with Crippen LogP contribution in [-0.2, 0) is 6.61 Å². The number of fused-ring (bicyclic) bond motifs is 7. The van der Waals surface area contributed by atoms with Crippen molar-refractivity contribution in [3.05, 3.63) is 35.5 Å². The Morgan fingerprint density at radius 2 is 1.92 bits per heavy atom. The van der Waals surface area contributed by atoms with Crippen LogP contribution in [0, 0.1) is 0 Å². The number of piperidine rings is 1. The summed E-state index contributed by atoms with van der Waals surface area (Å²) in [5.74, 6) is 0.634. The van der Waals surface area contributed by atoms with E-state index in [0.717, 1.165) is 55.8 Å². The predicted octanol–water partition coefficient (Wildman–Crippen LogP) is 2.92. The number of amides is 1. The van der Waals surface area contributed by atoms with Crippen LogP contribution in [0.15, 0.2) is 24.3 Å². The highest BCUT2D eigenvalue weighted by Crippen LogP contribution is 2.38. The van der Waals surface area contributed by atoms with Gasteiger partial charge in [0.25, 0.3) is 5.91 Å². The zero-order valence-electron chi connectivity index (χ0n) is 15.5. The summed E-state index contributed by atoms with van der Waals surface area (Å²) in [7, 11) is 0. The highest BCUT2D eigenvalue weighted by atomic mass is 16.5. The smallest absolute Gasteiger partial charge is 0.276 e. The molecule has 0 radical (unpaired) electrons. The minimum Gasteiger partial charge on any atom is -0.484 e. The Kier molecular flexibility index (Phi) is 4.68. The number of nitrogens with one attached hydrogen (secondary N) is 1. The Hall–Kier alpha value is -2.34. The lowest BCUT2D eigenvalue weighted by atomic mass is 10.0. The number of hydrogen-bond acceptors (Lipinski definition) is 4. The first-order valence-corrected chi connectivity index (χ1v) is 9.64. The molecule has 6 nitrogen and oxygen atoms in total. The van der Waals surface area contributed by atoms with Gasteiger partial charge in [-0.1, -0.05) is 38.1 Å². The summed E-state index contributed by atoms with van der Waals surface area (Å²) < 4.78 is 5.89. The molecule has 3 saturated heterocycles. The first-order chi connectivity index (χ1) is 12.8. The van der Waals surface area contributed by atoms with Gasteiger partial charge < -0.3 is 14.5 Å². The third-order valence-corrected chi connectivity index (χ3v) is 5.50. The van der Waals surface area contributed by atoms with Crippen molar-refractivity contribution >= 4 is 5.91 Å². The fourth-order valence-electron chi connectivity index (χ4n) is 4.12. The summed E-state index contributed by atoms with van der Waals surface area (Å²) in [4.78, 5) is 17.6. The topological polar surface area (TPSA) is 61.5 Å². The molecule has 1 aromatic heterocycles. The molecular formula is C20H26N4O2. The van der Waals surface area contributed by atoms with Crippen molar-refractivity contribution in [1.82, 2.24) is 20.0 Å². The number of aromatic nitrogens is 2. The van der Waals surface area contributed by atoms with Crippen molar-refractivity contribution in [2.24, 2.45) is 0 Å². The van der Waals surface area contributed by atoms with E-state index in [1.807, 2.05) is 43.0 Å². The first-order valence-electron chi connectivity index (χ1n) is 9.64. The number of nitrogens with zero attached hydrogens (tertiary/aromatic N) is 3. The fourth-order valence-corrected chi connectivity index (χ4v) is 4.12. The Morgan fingerprint density at radius 3 is 2.73 bits per heavy atom. The van der Waals surface area contributed by atoms with E-state index in [-0.39, 0.29) is 5.91 Å². The number of H-pyrrole nitrogens is 1. The summed E-state index contributed by atoms with van der Waals surface area (Å²) in [5.41, 5.74) is 3.41. The van der Waals surface area contributed by atoms with Crippen LogP contribution < -0.4 is 4.74 Å². The molecule has 5 heterocycles. The van der Waals surface area contributed by atoms with E-state index < -0.39 is 0 Å². The molecule has 138 valence electrons.